The molecular weight excluding hydrogens is 414 g/mol. The summed E-state index contributed by atoms with van der Waals surface area (Å²) in [6.45, 7) is -0.528. The molecule has 1 fully saturated rings. The third kappa shape index (κ3) is 4.32. The Morgan fingerprint density at radius 3 is 2.29 bits per heavy atom. The summed E-state index contributed by atoms with van der Waals surface area (Å²) in [5, 5.41) is 31.6. The highest BCUT2D eigenvalue weighted by atomic mass is 16.6. The summed E-state index contributed by atoms with van der Waals surface area (Å²) >= 11 is 0. The molecule has 4 N–H and O–H groups in total. The Bertz CT molecular complexity index is 984. The maximum absolute atomic E-state index is 12.6. The molecule has 1 aromatic heterocycles. The maximum Gasteiger partial charge on any atom is 0.351 e. The summed E-state index contributed by atoms with van der Waals surface area (Å²) < 4.78 is 21.9. The zero-order valence-electron chi connectivity index (χ0n) is 17.0. The number of nitrogens with one attached hydrogen (secondary N) is 1. The van der Waals surface area contributed by atoms with E-state index >= 15 is 0 Å². The van der Waals surface area contributed by atoms with Crippen LogP contribution in [-0.2, 0) is 4.74 Å². The van der Waals surface area contributed by atoms with E-state index in [0.717, 1.165) is 4.57 Å². The molecule has 168 valence electrons. The lowest BCUT2D eigenvalue weighted by atomic mass is 10.1. The van der Waals surface area contributed by atoms with Crippen LogP contribution >= 0.6 is 0 Å². The number of carbonyl (C=O) groups excluding carboxylic acids is 1. The van der Waals surface area contributed by atoms with E-state index in [4.69, 9.17) is 18.9 Å². The quantitative estimate of drug-likeness (QED) is 0.428. The lowest BCUT2D eigenvalue weighted by Gasteiger charge is -2.17. The van der Waals surface area contributed by atoms with E-state index in [9.17, 15) is 24.9 Å². The molecule has 0 unspecified atom stereocenters. The smallest absolute Gasteiger partial charge is 0.351 e. The van der Waals surface area contributed by atoms with Gasteiger partial charge in [0, 0.05) is 11.8 Å². The fourth-order valence-corrected chi connectivity index (χ4v) is 3.19. The lowest BCUT2D eigenvalue weighted by molar-refractivity contribution is -0.0549. The van der Waals surface area contributed by atoms with Crippen molar-refractivity contribution >= 4 is 11.7 Å². The van der Waals surface area contributed by atoms with E-state index in [1.807, 2.05) is 0 Å². The molecule has 0 spiro atoms. The molecular formula is C19H23N3O9. The molecule has 12 nitrogen and oxygen atoms in total. The predicted molar refractivity (Wildman–Crippen MR) is 106 cm³/mol. The Morgan fingerprint density at radius 2 is 1.81 bits per heavy atom. The summed E-state index contributed by atoms with van der Waals surface area (Å²) in [4.78, 5) is 28.8. The molecule has 2 aromatic rings. The van der Waals surface area contributed by atoms with Crippen LogP contribution in [-0.4, -0.2) is 77.0 Å². The van der Waals surface area contributed by atoms with Crippen LogP contribution in [0.25, 0.3) is 0 Å². The number of methoxy groups -OCH3 is 3. The Kier molecular flexibility index (Phi) is 6.75. The van der Waals surface area contributed by atoms with Crippen LogP contribution < -0.4 is 25.2 Å². The van der Waals surface area contributed by atoms with Gasteiger partial charge in [0.25, 0.3) is 5.91 Å². The number of anilines is 1. The van der Waals surface area contributed by atoms with Crippen molar-refractivity contribution in [2.75, 3.05) is 33.3 Å². The summed E-state index contributed by atoms with van der Waals surface area (Å²) in [5.41, 5.74) is -0.665. The third-order valence-electron chi connectivity index (χ3n) is 4.79. The molecule has 0 bridgehead atoms. The second-order valence-corrected chi connectivity index (χ2v) is 6.60. The molecule has 2 heterocycles. The van der Waals surface area contributed by atoms with Crippen molar-refractivity contribution < 1.29 is 39.1 Å². The number of hydrogen-bond acceptors (Lipinski definition) is 10. The number of aliphatic hydroxyl groups is 3. The van der Waals surface area contributed by atoms with Gasteiger partial charge >= 0.3 is 5.69 Å². The fraction of sp³-hybridized carbons (Fsp3) is 0.421. The number of rotatable bonds is 7. The monoisotopic (exact) mass is 437 g/mol. The highest BCUT2D eigenvalue weighted by Gasteiger charge is 2.43. The van der Waals surface area contributed by atoms with Gasteiger partial charge in [-0.05, 0) is 18.2 Å². The number of aliphatic hydroxyl groups excluding tert-OH is 3. The molecule has 0 radical (unpaired) electrons. The van der Waals surface area contributed by atoms with Gasteiger partial charge in [0.1, 0.15) is 24.1 Å². The number of nitrogens with zero attached hydrogens (tertiary/aromatic N) is 2. The van der Waals surface area contributed by atoms with Crippen LogP contribution in [0.15, 0.2) is 29.2 Å². The van der Waals surface area contributed by atoms with E-state index in [2.05, 4.69) is 10.3 Å². The second-order valence-electron chi connectivity index (χ2n) is 6.60. The Morgan fingerprint density at radius 1 is 1.16 bits per heavy atom. The molecule has 1 amide bonds. The van der Waals surface area contributed by atoms with Crippen molar-refractivity contribution in [3.63, 3.8) is 0 Å². The molecule has 1 aromatic carbocycles. The van der Waals surface area contributed by atoms with E-state index < -0.39 is 42.7 Å². The zero-order chi connectivity index (χ0) is 22.7. The predicted octanol–water partition coefficient (Wildman–Crippen LogP) is -0.867. The maximum atomic E-state index is 12.6. The number of carbonyl (C=O) groups is 1. The molecule has 4 atom stereocenters. The molecule has 1 aliphatic rings. The van der Waals surface area contributed by atoms with E-state index in [1.165, 1.54) is 45.7 Å². The first-order valence-corrected chi connectivity index (χ1v) is 9.17. The largest absolute Gasteiger partial charge is 0.493 e. The molecule has 0 saturated carbocycles. The number of benzene rings is 1. The van der Waals surface area contributed by atoms with Gasteiger partial charge in [-0.2, -0.15) is 4.98 Å². The lowest BCUT2D eigenvalue weighted by Crippen LogP contribution is -2.36. The first-order valence-electron chi connectivity index (χ1n) is 9.17. The molecule has 12 heteroatoms. The van der Waals surface area contributed by atoms with Gasteiger partial charge in [-0.25, -0.2) is 4.79 Å². The molecule has 1 aliphatic heterocycles. The van der Waals surface area contributed by atoms with Crippen LogP contribution in [0.3, 0.4) is 0 Å². The van der Waals surface area contributed by atoms with Gasteiger partial charge in [-0.15, -0.1) is 0 Å². The normalized spacial score (nSPS) is 22.8. The van der Waals surface area contributed by atoms with Crippen LogP contribution in [0.4, 0.5) is 5.82 Å². The molecule has 0 aliphatic carbocycles. The van der Waals surface area contributed by atoms with Crippen molar-refractivity contribution in [2.45, 2.75) is 24.5 Å². The van der Waals surface area contributed by atoms with Crippen LogP contribution in [0, 0.1) is 0 Å². The number of ether oxygens (including phenoxy) is 4. The average Bonchev–Trinajstić information content (AvgIpc) is 3.06. The Labute approximate surface area is 176 Å². The zero-order valence-corrected chi connectivity index (χ0v) is 17.0. The average molecular weight is 437 g/mol. The second kappa shape index (κ2) is 9.31. The Balaban J connectivity index is 1.82. The summed E-state index contributed by atoms with van der Waals surface area (Å²) in [5.74, 6) is 0.240. The number of aromatic nitrogens is 2. The number of hydrogen-bond donors (Lipinski definition) is 4. The van der Waals surface area contributed by atoms with E-state index in [0.29, 0.717) is 5.75 Å². The highest BCUT2D eigenvalue weighted by molar-refractivity contribution is 6.04. The number of amides is 1. The molecule has 3 rings (SSSR count). The van der Waals surface area contributed by atoms with Gasteiger partial charge in [0.05, 0.1) is 27.9 Å². The van der Waals surface area contributed by atoms with Crippen LogP contribution in [0.1, 0.15) is 16.6 Å². The topological polar surface area (TPSA) is 162 Å². The van der Waals surface area contributed by atoms with Gasteiger partial charge in [0.15, 0.2) is 17.7 Å². The summed E-state index contributed by atoms with van der Waals surface area (Å²) in [6.07, 6.45) is -3.81. The third-order valence-corrected chi connectivity index (χ3v) is 4.79. The van der Waals surface area contributed by atoms with Gasteiger partial charge in [0.2, 0.25) is 5.75 Å². The highest BCUT2D eigenvalue weighted by Crippen LogP contribution is 2.38. The van der Waals surface area contributed by atoms with Crippen molar-refractivity contribution in [3.8, 4) is 17.2 Å². The van der Waals surface area contributed by atoms with Crippen molar-refractivity contribution in [2.24, 2.45) is 0 Å². The minimum absolute atomic E-state index is 0.0493. The van der Waals surface area contributed by atoms with Gasteiger partial charge in [-0.3, -0.25) is 9.36 Å². The standard InChI is InChI=1S/C19H23N3O9/c1-28-10-6-9(7-11(29-2)16(10)30-3)17(26)20-13-4-5-22(19(27)21-13)18-15(25)14(24)12(8-23)31-18/h4-7,12,14-15,18,23-25H,8H2,1-3H3,(H,20,21,26,27)/t12-,14+,15+,18+/m0/s1. The molecule has 1 saturated heterocycles. The Hall–Kier alpha value is -3.19. The first kappa shape index (κ1) is 22.5. The van der Waals surface area contributed by atoms with Gasteiger partial charge < -0.3 is 39.6 Å². The van der Waals surface area contributed by atoms with E-state index in [1.54, 1.807) is 0 Å². The fourth-order valence-electron chi connectivity index (χ4n) is 3.19. The van der Waals surface area contributed by atoms with Crippen LogP contribution in [0.2, 0.25) is 0 Å². The van der Waals surface area contributed by atoms with Crippen molar-refractivity contribution in [1.29, 1.82) is 0 Å². The van der Waals surface area contributed by atoms with Crippen molar-refractivity contribution in [3.05, 3.63) is 40.4 Å². The van der Waals surface area contributed by atoms with Crippen molar-refractivity contribution in [1.82, 2.24) is 9.55 Å². The van der Waals surface area contributed by atoms with Gasteiger partial charge in [-0.1, -0.05) is 0 Å². The molecule has 31 heavy (non-hydrogen) atoms. The first-order chi connectivity index (χ1) is 14.8. The van der Waals surface area contributed by atoms with E-state index in [-0.39, 0.29) is 22.9 Å². The summed E-state index contributed by atoms with van der Waals surface area (Å²) in [7, 11) is 4.27. The van der Waals surface area contributed by atoms with Crippen LogP contribution in [0.5, 0.6) is 17.2 Å². The summed E-state index contributed by atoms with van der Waals surface area (Å²) in [6, 6.07) is 4.21. The minimum atomic E-state index is -1.43. The minimum Gasteiger partial charge on any atom is -0.493 e. The SMILES string of the molecule is COc1cc(C(=O)Nc2ccn([C@@H]3O[C@@H](CO)[C@@H](O)[C@H]3O)c(=O)n2)cc(OC)c1OC.